The zero-order valence-corrected chi connectivity index (χ0v) is 17.9. The van der Waals surface area contributed by atoms with Gasteiger partial charge in [0.05, 0.1) is 0 Å². The topological polar surface area (TPSA) is 88.5 Å². The van der Waals surface area contributed by atoms with E-state index in [-0.39, 0.29) is 64.7 Å². The van der Waals surface area contributed by atoms with Crippen LogP contribution in [0.25, 0.3) is 0 Å². The Morgan fingerprint density at radius 2 is 1.83 bits per heavy atom. The van der Waals surface area contributed by atoms with E-state index in [9.17, 15) is 19.2 Å². The third-order valence-corrected chi connectivity index (χ3v) is 9.72. The molecule has 0 spiro atoms. The van der Waals surface area contributed by atoms with E-state index in [1.165, 1.54) is 0 Å². The molecule has 4 aliphatic rings. The highest BCUT2D eigenvalue weighted by atomic mass is 16.4. The van der Waals surface area contributed by atoms with Gasteiger partial charge in [0.1, 0.15) is 17.3 Å². The zero-order chi connectivity index (χ0) is 21.1. The molecule has 4 aliphatic carbocycles. The maximum Gasteiger partial charge on any atom is 0.303 e. The quantitative estimate of drug-likeness (QED) is 0.766. The van der Waals surface area contributed by atoms with Gasteiger partial charge in [-0.1, -0.05) is 20.8 Å². The van der Waals surface area contributed by atoms with Gasteiger partial charge < -0.3 is 5.11 Å². The molecule has 0 unspecified atom stereocenters. The number of ketones is 3. The van der Waals surface area contributed by atoms with E-state index in [0.29, 0.717) is 32.1 Å². The van der Waals surface area contributed by atoms with Gasteiger partial charge in [-0.2, -0.15) is 0 Å². The molecule has 0 aromatic rings. The van der Waals surface area contributed by atoms with Crippen molar-refractivity contribution in [3.63, 3.8) is 0 Å². The van der Waals surface area contributed by atoms with Gasteiger partial charge >= 0.3 is 5.97 Å². The van der Waals surface area contributed by atoms with E-state index in [1.54, 1.807) is 0 Å². The minimum atomic E-state index is -0.792. The third-order valence-electron chi connectivity index (χ3n) is 9.72. The van der Waals surface area contributed by atoms with E-state index in [1.807, 2.05) is 0 Å². The van der Waals surface area contributed by atoms with Crippen LogP contribution in [0.5, 0.6) is 0 Å². The Labute approximate surface area is 173 Å². The van der Waals surface area contributed by atoms with Crippen LogP contribution in [0.15, 0.2) is 0 Å². The predicted octanol–water partition coefficient (Wildman–Crippen LogP) is 4.07. The molecular formula is C24H34O5. The van der Waals surface area contributed by atoms with Gasteiger partial charge in [0.2, 0.25) is 0 Å². The fourth-order valence-electron chi connectivity index (χ4n) is 7.94. The van der Waals surface area contributed by atoms with E-state index in [2.05, 4.69) is 20.8 Å². The first-order chi connectivity index (χ1) is 13.6. The molecule has 1 N–H and O–H groups in total. The molecule has 29 heavy (non-hydrogen) atoms. The smallest absolute Gasteiger partial charge is 0.303 e. The van der Waals surface area contributed by atoms with E-state index in [0.717, 1.165) is 19.3 Å². The number of rotatable bonds is 4. The first kappa shape index (κ1) is 20.7. The van der Waals surface area contributed by atoms with Crippen molar-refractivity contribution in [3.05, 3.63) is 0 Å². The summed E-state index contributed by atoms with van der Waals surface area (Å²) in [5.74, 6) is 0.524. The fraction of sp³-hybridized carbons (Fsp3) is 0.833. The molecule has 0 amide bonds. The minimum Gasteiger partial charge on any atom is -0.481 e. The number of carboxylic acid groups (broad SMARTS) is 1. The summed E-state index contributed by atoms with van der Waals surface area (Å²) in [4.78, 5) is 50.0. The van der Waals surface area contributed by atoms with E-state index in [4.69, 9.17) is 5.11 Å². The van der Waals surface area contributed by atoms with Gasteiger partial charge in [-0.25, -0.2) is 0 Å². The van der Waals surface area contributed by atoms with Crippen molar-refractivity contribution in [2.75, 3.05) is 0 Å². The molecule has 0 aliphatic heterocycles. The summed E-state index contributed by atoms with van der Waals surface area (Å²) in [6, 6.07) is 0. The third kappa shape index (κ3) is 3.02. The average molecular weight is 403 g/mol. The predicted molar refractivity (Wildman–Crippen MR) is 107 cm³/mol. The number of hydrogen-bond donors (Lipinski definition) is 1. The minimum absolute atomic E-state index is 0.0659. The lowest BCUT2D eigenvalue weighted by Crippen LogP contribution is -2.60. The molecule has 160 valence electrons. The number of carbonyl (C=O) groups excluding carboxylic acids is 3. The molecule has 5 heteroatoms. The van der Waals surface area contributed by atoms with Crippen LogP contribution in [0.3, 0.4) is 0 Å². The van der Waals surface area contributed by atoms with Crippen molar-refractivity contribution in [1.82, 2.24) is 0 Å². The fourth-order valence-corrected chi connectivity index (χ4v) is 7.94. The second-order valence-electron chi connectivity index (χ2n) is 10.9. The Morgan fingerprint density at radius 1 is 1.10 bits per heavy atom. The Hall–Kier alpha value is -1.52. The lowest BCUT2D eigenvalue weighted by atomic mass is 9.44. The number of fused-ring (bicyclic) bond motifs is 5. The summed E-state index contributed by atoms with van der Waals surface area (Å²) in [6.45, 7) is 6.37. The van der Waals surface area contributed by atoms with Gasteiger partial charge in [-0.15, -0.1) is 0 Å². The van der Waals surface area contributed by atoms with Gasteiger partial charge in [-0.05, 0) is 60.7 Å². The number of aliphatic carboxylic acids is 1. The van der Waals surface area contributed by atoms with Crippen molar-refractivity contribution in [3.8, 4) is 0 Å². The van der Waals surface area contributed by atoms with Crippen LogP contribution in [-0.4, -0.2) is 28.4 Å². The van der Waals surface area contributed by atoms with Gasteiger partial charge in [0, 0.05) is 43.4 Å². The maximum atomic E-state index is 13.6. The van der Waals surface area contributed by atoms with Crippen molar-refractivity contribution < 1.29 is 24.3 Å². The molecule has 0 heterocycles. The summed E-state index contributed by atoms with van der Waals surface area (Å²) >= 11 is 0. The highest BCUT2D eigenvalue weighted by molar-refractivity contribution is 5.93. The number of Topliss-reactive ketones (excluding diaryl/α,β-unsaturated/α-hetero) is 3. The number of carboxylic acids is 1. The summed E-state index contributed by atoms with van der Waals surface area (Å²) in [5, 5.41) is 9.06. The van der Waals surface area contributed by atoms with E-state index < -0.39 is 11.4 Å². The molecule has 4 saturated carbocycles. The largest absolute Gasteiger partial charge is 0.481 e. The van der Waals surface area contributed by atoms with Crippen molar-refractivity contribution in [2.45, 2.75) is 78.6 Å². The summed E-state index contributed by atoms with van der Waals surface area (Å²) in [5.41, 5.74) is -0.598. The van der Waals surface area contributed by atoms with Crippen LogP contribution in [-0.2, 0) is 19.2 Å². The van der Waals surface area contributed by atoms with Gasteiger partial charge in [0.15, 0.2) is 0 Å². The highest BCUT2D eigenvalue weighted by Gasteiger charge is 2.66. The van der Waals surface area contributed by atoms with Gasteiger partial charge in [-0.3, -0.25) is 19.2 Å². The first-order valence-corrected chi connectivity index (χ1v) is 11.4. The van der Waals surface area contributed by atoms with E-state index >= 15 is 0 Å². The molecule has 0 bridgehead atoms. The molecule has 0 saturated heterocycles. The zero-order valence-electron chi connectivity index (χ0n) is 17.9. The Bertz CT molecular complexity index is 756. The first-order valence-electron chi connectivity index (χ1n) is 11.4. The van der Waals surface area contributed by atoms with Crippen LogP contribution in [0.2, 0.25) is 0 Å². The number of hydrogen-bond acceptors (Lipinski definition) is 4. The lowest BCUT2D eigenvalue weighted by Gasteiger charge is -2.58. The molecule has 0 aromatic heterocycles. The van der Waals surface area contributed by atoms with Crippen LogP contribution >= 0.6 is 0 Å². The van der Waals surface area contributed by atoms with Crippen LogP contribution in [0, 0.1) is 46.3 Å². The normalized spacial score (nSPS) is 45.3. The highest BCUT2D eigenvalue weighted by Crippen LogP contribution is 2.66. The van der Waals surface area contributed by atoms with Gasteiger partial charge in [0.25, 0.3) is 0 Å². The van der Waals surface area contributed by atoms with Crippen molar-refractivity contribution >= 4 is 23.3 Å². The van der Waals surface area contributed by atoms with Crippen molar-refractivity contribution in [2.24, 2.45) is 46.3 Å². The molecule has 5 nitrogen and oxygen atoms in total. The average Bonchev–Trinajstić information content (AvgIpc) is 3.01. The summed E-state index contributed by atoms with van der Waals surface area (Å²) in [6.07, 6.45) is 5.33. The molecule has 4 rings (SSSR count). The molecular weight excluding hydrogens is 368 g/mol. The Balaban J connectivity index is 1.63. The summed E-state index contributed by atoms with van der Waals surface area (Å²) in [7, 11) is 0. The molecule has 0 aromatic carbocycles. The molecule has 8 atom stereocenters. The van der Waals surface area contributed by atoms with Crippen LogP contribution < -0.4 is 0 Å². The van der Waals surface area contributed by atoms with Crippen molar-refractivity contribution in [1.29, 1.82) is 0 Å². The lowest BCUT2D eigenvalue weighted by molar-refractivity contribution is -0.166. The maximum absolute atomic E-state index is 13.6. The Kier molecular flexibility index (Phi) is 5.02. The monoisotopic (exact) mass is 402 g/mol. The van der Waals surface area contributed by atoms with Crippen LogP contribution in [0.1, 0.15) is 78.6 Å². The summed E-state index contributed by atoms with van der Waals surface area (Å²) < 4.78 is 0. The second kappa shape index (κ2) is 7.02. The molecule has 0 radical (unpaired) electrons. The van der Waals surface area contributed by atoms with Crippen LogP contribution in [0.4, 0.5) is 0 Å². The standard InChI is InChI=1S/C24H34O5/c1-13(4-7-21(28)29)16-5-6-17-22-18(12-20(27)24(16,17)3)23(2)9-8-15(25)10-14(23)11-19(22)26/h13-14,16-18,22H,4-12H2,1-3H3,(H,28,29)/t13-,14+,16+,17-,18+,22+,23+,24-/m1/s1. The number of carbonyl (C=O) groups is 4. The SMILES string of the molecule is C[C@H](CCC(=O)O)[C@@H]1CC[C@@H]2[C@@H]3C(=O)C[C@@H]4CC(=O)CC[C@]4(C)[C@H]3CC(=O)[C@@]21C. The Morgan fingerprint density at radius 3 is 2.52 bits per heavy atom. The molecule has 4 fully saturated rings. The second-order valence-corrected chi connectivity index (χ2v) is 10.9.